The van der Waals surface area contributed by atoms with Crippen LogP contribution in [-0.2, 0) is 16.1 Å². The lowest BCUT2D eigenvalue weighted by molar-refractivity contribution is 0.0307. The van der Waals surface area contributed by atoms with Crippen molar-refractivity contribution in [2.75, 3.05) is 19.8 Å². The van der Waals surface area contributed by atoms with E-state index < -0.39 is 5.82 Å². The van der Waals surface area contributed by atoms with Gasteiger partial charge < -0.3 is 20.4 Å². The van der Waals surface area contributed by atoms with Gasteiger partial charge in [-0.25, -0.2) is 4.39 Å². The first-order valence-corrected chi connectivity index (χ1v) is 6.46. The molecule has 0 saturated carbocycles. The third kappa shape index (κ3) is 5.54. The smallest absolute Gasteiger partial charge is 0.170 e. The zero-order chi connectivity index (χ0) is 15.0. The molecule has 0 aliphatic heterocycles. The van der Waals surface area contributed by atoms with Crippen molar-refractivity contribution in [3.8, 4) is 0 Å². The summed E-state index contributed by atoms with van der Waals surface area (Å²) in [5.41, 5.74) is 6.13. The minimum Gasteiger partial charge on any atom is -0.409 e. The first kappa shape index (κ1) is 16.4. The van der Waals surface area contributed by atoms with E-state index in [2.05, 4.69) is 19.0 Å². The van der Waals surface area contributed by atoms with Crippen molar-refractivity contribution in [3.05, 3.63) is 35.1 Å². The van der Waals surface area contributed by atoms with Gasteiger partial charge in [0.25, 0.3) is 0 Å². The Morgan fingerprint density at radius 1 is 1.35 bits per heavy atom. The van der Waals surface area contributed by atoms with E-state index in [1.165, 1.54) is 6.07 Å². The molecule has 1 rings (SSSR count). The Morgan fingerprint density at radius 2 is 2.05 bits per heavy atom. The molecule has 20 heavy (non-hydrogen) atoms. The van der Waals surface area contributed by atoms with Gasteiger partial charge in [-0.05, 0) is 12.0 Å². The zero-order valence-electron chi connectivity index (χ0n) is 11.8. The Bertz CT molecular complexity index is 450. The lowest BCUT2D eigenvalue weighted by Gasteiger charge is -2.09. The van der Waals surface area contributed by atoms with Crippen LogP contribution in [-0.4, -0.2) is 30.9 Å². The molecule has 0 heterocycles. The maximum Gasteiger partial charge on any atom is 0.170 e. The van der Waals surface area contributed by atoms with Crippen LogP contribution in [0.1, 0.15) is 25.0 Å². The molecule has 1 aromatic rings. The number of halogens is 1. The minimum atomic E-state index is -0.447. The monoisotopic (exact) mass is 284 g/mol. The number of hydrogen-bond acceptors (Lipinski definition) is 4. The lowest BCUT2D eigenvalue weighted by atomic mass is 10.1. The van der Waals surface area contributed by atoms with Gasteiger partial charge in [-0.15, -0.1) is 0 Å². The van der Waals surface area contributed by atoms with Crippen molar-refractivity contribution in [1.82, 2.24) is 0 Å². The molecule has 0 aliphatic carbocycles. The summed E-state index contributed by atoms with van der Waals surface area (Å²) >= 11 is 0. The van der Waals surface area contributed by atoms with Crippen molar-refractivity contribution in [2.45, 2.75) is 20.5 Å². The highest BCUT2D eigenvalue weighted by Gasteiger charge is 2.06. The minimum absolute atomic E-state index is 0.126. The molecular formula is C14H21FN2O3. The molecule has 0 bridgehead atoms. The number of nitrogens with two attached hydrogens (primary N) is 1. The molecule has 3 N–H and O–H groups in total. The number of benzene rings is 1. The summed E-state index contributed by atoms with van der Waals surface area (Å²) in [6.07, 6.45) is 0. The molecule has 0 aromatic heterocycles. The van der Waals surface area contributed by atoms with E-state index >= 15 is 0 Å². The van der Waals surface area contributed by atoms with Gasteiger partial charge >= 0.3 is 0 Å². The van der Waals surface area contributed by atoms with Crippen LogP contribution < -0.4 is 5.73 Å². The summed E-state index contributed by atoms with van der Waals surface area (Å²) in [5.74, 6) is -0.0886. The fourth-order valence-corrected chi connectivity index (χ4v) is 1.50. The van der Waals surface area contributed by atoms with Gasteiger partial charge in [-0.3, -0.25) is 0 Å². The molecule has 1 aromatic carbocycles. The Labute approximate surface area is 118 Å². The second kappa shape index (κ2) is 8.50. The molecule has 112 valence electrons. The molecule has 5 nitrogen and oxygen atoms in total. The van der Waals surface area contributed by atoms with E-state index in [0.29, 0.717) is 36.9 Å². The predicted octanol–water partition coefficient (Wildman–Crippen LogP) is 2.11. The van der Waals surface area contributed by atoms with Crippen molar-refractivity contribution in [3.63, 3.8) is 0 Å². The average Bonchev–Trinajstić information content (AvgIpc) is 2.42. The van der Waals surface area contributed by atoms with Gasteiger partial charge in [0, 0.05) is 17.7 Å². The van der Waals surface area contributed by atoms with Crippen molar-refractivity contribution >= 4 is 5.84 Å². The van der Waals surface area contributed by atoms with Crippen LogP contribution in [0.5, 0.6) is 0 Å². The third-order valence-electron chi connectivity index (χ3n) is 2.54. The van der Waals surface area contributed by atoms with Crippen LogP contribution in [0.4, 0.5) is 4.39 Å². The van der Waals surface area contributed by atoms with Gasteiger partial charge in [0.2, 0.25) is 0 Å². The average molecular weight is 284 g/mol. The number of oxime groups is 1. The van der Waals surface area contributed by atoms with Crippen LogP contribution in [0.25, 0.3) is 0 Å². The van der Waals surface area contributed by atoms with Crippen LogP contribution in [0.3, 0.4) is 0 Å². The van der Waals surface area contributed by atoms with Crippen molar-refractivity contribution < 1.29 is 19.1 Å². The maximum atomic E-state index is 13.7. The number of hydrogen-bond donors (Lipinski definition) is 2. The SMILES string of the molecule is CC(C)COCCOCc1ccc(/C(N)=N/O)cc1F. The van der Waals surface area contributed by atoms with Gasteiger partial charge in [-0.2, -0.15) is 0 Å². The molecule has 0 radical (unpaired) electrons. The summed E-state index contributed by atoms with van der Waals surface area (Å²) in [4.78, 5) is 0. The van der Waals surface area contributed by atoms with Crippen LogP contribution >= 0.6 is 0 Å². The first-order chi connectivity index (χ1) is 9.54. The molecule has 0 fully saturated rings. The number of amidine groups is 1. The lowest BCUT2D eigenvalue weighted by Crippen LogP contribution is -2.14. The van der Waals surface area contributed by atoms with E-state index in [4.69, 9.17) is 20.4 Å². The maximum absolute atomic E-state index is 13.7. The Kier molecular flexibility index (Phi) is 6.97. The molecule has 0 saturated heterocycles. The molecule has 6 heteroatoms. The second-order valence-electron chi connectivity index (χ2n) is 4.81. The zero-order valence-corrected chi connectivity index (χ0v) is 11.8. The number of nitrogens with zero attached hydrogens (tertiary/aromatic N) is 1. The Hall–Kier alpha value is -1.66. The van der Waals surface area contributed by atoms with Gasteiger partial charge in [0.15, 0.2) is 5.84 Å². The topological polar surface area (TPSA) is 77.1 Å². The standard InChI is InChI=1S/C14H21FN2O3/c1-10(2)8-19-5-6-20-9-12-4-3-11(7-13(12)15)14(16)17-18/h3-4,7,10,18H,5-6,8-9H2,1-2H3,(H2,16,17). The molecule has 0 atom stereocenters. The molecule has 0 spiro atoms. The Balaban J connectivity index is 2.38. The molecular weight excluding hydrogens is 263 g/mol. The predicted molar refractivity (Wildman–Crippen MR) is 74.2 cm³/mol. The number of rotatable bonds is 8. The highest BCUT2D eigenvalue weighted by Crippen LogP contribution is 2.11. The summed E-state index contributed by atoms with van der Waals surface area (Å²) in [6.45, 7) is 5.88. The third-order valence-corrected chi connectivity index (χ3v) is 2.54. The summed E-state index contributed by atoms with van der Waals surface area (Å²) in [5, 5.41) is 11.3. The van der Waals surface area contributed by atoms with Crippen LogP contribution in [0.15, 0.2) is 23.4 Å². The van der Waals surface area contributed by atoms with Crippen molar-refractivity contribution in [1.29, 1.82) is 0 Å². The number of ether oxygens (including phenoxy) is 2. The van der Waals surface area contributed by atoms with Gasteiger partial charge in [0.1, 0.15) is 5.82 Å². The van der Waals surface area contributed by atoms with Crippen molar-refractivity contribution in [2.24, 2.45) is 16.8 Å². The van der Waals surface area contributed by atoms with E-state index in [1.807, 2.05) is 0 Å². The van der Waals surface area contributed by atoms with Crippen LogP contribution in [0, 0.1) is 11.7 Å². The highest BCUT2D eigenvalue weighted by molar-refractivity contribution is 5.97. The summed E-state index contributed by atoms with van der Waals surface area (Å²) in [6, 6.07) is 4.34. The fourth-order valence-electron chi connectivity index (χ4n) is 1.50. The second-order valence-corrected chi connectivity index (χ2v) is 4.81. The van der Waals surface area contributed by atoms with Gasteiger partial charge in [-0.1, -0.05) is 31.1 Å². The highest BCUT2D eigenvalue weighted by atomic mass is 19.1. The van der Waals surface area contributed by atoms with E-state index in [-0.39, 0.29) is 12.4 Å². The van der Waals surface area contributed by atoms with E-state index in [1.54, 1.807) is 12.1 Å². The van der Waals surface area contributed by atoms with E-state index in [9.17, 15) is 4.39 Å². The molecule has 0 amide bonds. The quantitative estimate of drug-likeness (QED) is 0.252. The fraction of sp³-hybridized carbons (Fsp3) is 0.500. The molecule has 0 unspecified atom stereocenters. The normalized spacial score (nSPS) is 12.1. The van der Waals surface area contributed by atoms with E-state index in [0.717, 1.165) is 0 Å². The van der Waals surface area contributed by atoms with Gasteiger partial charge in [0.05, 0.1) is 19.8 Å². The Morgan fingerprint density at radius 3 is 2.65 bits per heavy atom. The van der Waals surface area contributed by atoms with Crippen LogP contribution in [0.2, 0.25) is 0 Å². The summed E-state index contributed by atoms with van der Waals surface area (Å²) < 4.78 is 24.4. The largest absolute Gasteiger partial charge is 0.409 e. The summed E-state index contributed by atoms with van der Waals surface area (Å²) in [7, 11) is 0. The molecule has 0 aliphatic rings. The first-order valence-electron chi connectivity index (χ1n) is 6.46.